The average molecular weight is 220 g/mol. The average Bonchev–Trinajstić information content (AvgIpc) is 2.86. The van der Waals surface area contributed by atoms with Crippen molar-refractivity contribution in [2.24, 2.45) is 35.5 Å². The molecule has 16 heavy (non-hydrogen) atoms. The van der Waals surface area contributed by atoms with Gasteiger partial charge in [-0.3, -0.25) is 4.79 Å². The Kier molecular flexibility index (Phi) is 2.60. The summed E-state index contributed by atoms with van der Waals surface area (Å²) in [7, 11) is 0. The normalized spacial score (nSPS) is 52.2. The molecule has 3 fully saturated rings. The van der Waals surface area contributed by atoms with E-state index < -0.39 is 0 Å². The lowest BCUT2D eigenvalue weighted by atomic mass is 9.67. The molecule has 1 nitrogen and oxygen atoms in total. The Labute approximate surface area is 99.0 Å². The van der Waals surface area contributed by atoms with Gasteiger partial charge in [0, 0.05) is 11.8 Å². The Hall–Kier alpha value is -0.330. The fraction of sp³-hybridized carbons (Fsp3) is 0.933. The zero-order valence-electron chi connectivity index (χ0n) is 10.6. The first-order valence-electron chi connectivity index (χ1n) is 7.19. The molecule has 0 heterocycles. The summed E-state index contributed by atoms with van der Waals surface area (Å²) in [5.74, 6) is 5.15. The molecule has 1 heteroatoms. The topological polar surface area (TPSA) is 17.1 Å². The van der Waals surface area contributed by atoms with Crippen LogP contribution in [0.3, 0.4) is 0 Å². The predicted molar refractivity (Wildman–Crippen MR) is 65.0 cm³/mol. The van der Waals surface area contributed by atoms with Crippen molar-refractivity contribution in [1.29, 1.82) is 0 Å². The van der Waals surface area contributed by atoms with E-state index in [1.54, 1.807) is 0 Å². The van der Waals surface area contributed by atoms with Crippen molar-refractivity contribution in [2.45, 2.75) is 52.4 Å². The third kappa shape index (κ3) is 1.63. The van der Waals surface area contributed by atoms with Gasteiger partial charge in [-0.05, 0) is 55.8 Å². The first-order valence-corrected chi connectivity index (χ1v) is 7.19. The van der Waals surface area contributed by atoms with Crippen LogP contribution in [0.15, 0.2) is 0 Å². The van der Waals surface area contributed by atoms with Crippen molar-refractivity contribution in [3.05, 3.63) is 0 Å². The van der Waals surface area contributed by atoms with Gasteiger partial charge in [-0.2, -0.15) is 0 Å². The zero-order valence-corrected chi connectivity index (χ0v) is 10.6. The van der Waals surface area contributed by atoms with E-state index in [-0.39, 0.29) is 0 Å². The maximum atomic E-state index is 11.8. The second-order valence-electron chi connectivity index (χ2n) is 6.77. The van der Waals surface area contributed by atoms with Crippen LogP contribution in [0, 0.1) is 35.5 Å². The van der Waals surface area contributed by atoms with Gasteiger partial charge in [-0.1, -0.05) is 20.3 Å². The summed E-state index contributed by atoms with van der Waals surface area (Å²) in [6.07, 6.45) is 8.37. The Balaban J connectivity index is 1.69. The summed E-state index contributed by atoms with van der Waals surface area (Å²) in [6.45, 7) is 4.30. The minimum absolute atomic E-state index is 0.341. The van der Waals surface area contributed by atoms with Crippen LogP contribution in [0.5, 0.6) is 0 Å². The number of carbonyl (C=O) groups excluding carboxylic acids is 1. The molecule has 0 saturated heterocycles. The Bertz CT molecular complexity index is 282. The van der Waals surface area contributed by atoms with Crippen molar-refractivity contribution in [2.75, 3.05) is 0 Å². The van der Waals surface area contributed by atoms with E-state index in [1.165, 1.54) is 38.5 Å². The van der Waals surface area contributed by atoms with E-state index >= 15 is 0 Å². The van der Waals surface area contributed by atoms with Crippen LogP contribution in [0.1, 0.15) is 52.4 Å². The molecule has 0 N–H and O–H groups in total. The summed E-state index contributed by atoms with van der Waals surface area (Å²) in [5, 5.41) is 0. The van der Waals surface area contributed by atoms with E-state index in [0.717, 1.165) is 23.7 Å². The van der Waals surface area contributed by atoms with Gasteiger partial charge in [-0.15, -0.1) is 0 Å². The van der Waals surface area contributed by atoms with Gasteiger partial charge in [0.1, 0.15) is 5.78 Å². The highest BCUT2D eigenvalue weighted by Crippen LogP contribution is 2.54. The van der Waals surface area contributed by atoms with Gasteiger partial charge in [0.15, 0.2) is 0 Å². The lowest BCUT2D eigenvalue weighted by molar-refractivity contribution is -0.130. The van der Waals surface area contributed by atoms with Gasteiger partial charge >= 0.3 is 0 Å². The summed E-state index contributed by atoms with van der Waals surface area (Å²) < 4.78 is 0. The van der Waals surface area contributed by atoms with Crippen molar-refractivity contribution in [1.82, 2.24) is 0 Å². The Morgan fingerprint density at radius 3 is 2.06 bits per heavy atom. The molecular formula is C15H24O. The van der Waals surface area contributed by atoms with Crippen molar-refractivity contribution in [3.8, 4) is 0 Å². The monoisotopic (exact) mass is 220 g/mol. The van der Waals surface area contributed by atoms with Crippen LogP contribution in [-0.2, 0) is 4.79 Å². The van der Waals surface area contributed by atoms with Crippen LogP contribution in [-0.4, -0.2) is 5.78 Å². The van der Waals surface area contributed by atoms with Crippen LogP contribution in [0.25, 0.3) is 0 Å². The van der Waals surface area contributed by atoms with Gasteiger partial charge in [0.25, 0.3) is 0 Å². The van der Waals surface area contributed by atoms with Gasteiger partial charge in [-0.25, -0.2) is 0 Å². The SMILES string of the molecule is C[C@H]1CC([C@@H]2C[C@H]3CC[C@H]2C3)C[C@H](C)C1=O. The van der Waals surface area contributed by atoms with Crippen molar-refractivity contribution in [3.63, 3.8) is 0 Å². The van der Waals surface area contributed by atoms with Crippen LogP contribution in [0.2, 0.25) is 0 Å². The largest absolute Gasteiger partial charge is 0.299 e. The third-order valence-electron chi connectivity index (χ3n) is 5.68. The van der Waals surface area contributed by atoms with Gasteiger partial charge in [0.2, 0.25) is 0 Å². The number of carbonyl (C=O) groups is 1. The zero-order chi connectivity index (χ0) is 11.3. The molecule has 0 amide bonds. The van der Waals surface area contributed by atoms with Gasteiger partial charge < -0.3 is 0 Å². The first-order chi connectivity index (χ1) is 7.65. The Morgan fingerprint density at radius 1 is 0.875 bits per heavy atom. The molecule has 3 rings (SSSR count). The molecule has 0 radical (unpaired) electrons. The molecule has 0 aromatic heterocycles. The molecule has 2 bridgehead atoms. The molecule has 5 atom stereocenters. The lowest BCUT2D eigenvalue weighted by Gasteiger charge is -2.37. The van der Waals surface area contributed by atoms with Crippen molar-refractivity contribution < 1.29 is 4.79 Å². The number of ketones is 1. The summed E-state index contributed by atoms with van der Waals surface area (Å²) in [4.78, 5) is 11.8. The smallest absolute Gasteiger partial charge is 0.138 e. The third-order valence-corrected chi connectivity index (χ3v) is 5.68. The molecule has 0 spiro atoms. The van der Waals surface area contributed by atoms with E-state index in [4.69, 9.17) is 0 Å². The second kappa shape index (κ2) is 3.85. The van der Waals surface area contributed by atoms with E-state index in [0.29, 0.717) is 17.6 Å². The first kappa shape index (κ1) is 10.8. The molecule has 0 aromatic carbocycles. The summed E-state index contributed by atoms with van der Waals surface area (Å²) >= 11 is 0. The molecule has 0 aliphatic heterocycles. The fourth-order valence-corrected chi connectivity index (χ4v) is 4.94. The molecule has 90 valence electrons. The highest BCUT2D eigenvalue weighted by molar-refractivity contribution is 5.83. The standard InChI is InChI=1S/C15H24O/c1-9-5-13(6-10(2)15(9)16)14-8-11-3-4-12(14)7-11/h9-14H,3-8H2,1-2H3/t9-,10-,11-,12-,14+/m0/s1. The molecule has 0 unspecified atom stereocenters. The minimum atomic E-state index is 0.341. The molecular weight excluding hydrogens is 196 g/mol. The second-order valence-corrected chi connectivity index (χ2v) is 6.77. The number of hydrogen-bond acceptors (Lipinski definition) is 1. The molecule has 3 aliphatic carbocycles. The maximum absolute atomic E-state index is 11.8. The van der Waals surface area contributed by atoms with E-state index in [2.05, 4.69) is 13.8 Å². The maximum Gasteiger partial charge on any atom is 0.138 e. The molecule has 3 saturated carbocycles. The van der Waals surface area contributed by atoms with E-state index in [9.17, 15) is 4.79 Å². The van der Waals surface area contributed by atoms with Crippen LogP contribution in [0.4, 0.5) is 0 Å². The van der Waals surface area contributed by atoms with Crippen molar-refractivity contribution >= 4 is 5.78 Å². The number of rotatable bonds is 1. The highest BCUT2D eigenvalue weighted by Gasteiger charge is 2.45. The molecule has 3 aliphatic rings. The highest BCUT2D eigenvalue weighted by atomic mass is 16.1. The fourth-order valence-electron chi connectivity index (χ4n) is 4.94. The predicted octanol–water partition coefficient (Wildman–Crippen LogP) is 3.67. The lowest BCUT2D eigenvalue weighted by Crippen LogP contribution is -2.34. The number of Topliss-reactive ketones (excluding diaryl/α,β-unsaturated/α-hetero) is 1. The number of hydrogen-bond donors (Lipinski definition) is 0. The summed E-state index contributed by atoms with van der Waals surface area (Å²) in [6, 6.07) is 0. The summed E-state index contributed by atoms with van der Waals surface area (Å²) in [5.41, 5.74) is 0. The van der Waals surface area contributed by atoms with Crippen LogP contribution >= 0.6 is 0 Å². The number of fused-ring (bicyclic) bond motifs is 2. The Morgan fingerprint density at radius 2 is 1.56 bits per heavy atom. The van der Waals surface area contributed by atoms with Crippen LogP contribution < -0.4 is 0 Å². The van der Waals surface area contributed by atoms with E-state index in [1.807, 2.05) is 0 Å². The quantitative estimate of drug-likeness (QED) is 0.659. The molecule has 0 aromatic rings. The minimum Gasteiger partial charge on any atom is -0.299 e. The van der Waals surface area contributed by atoms with Gasteiger partial charge in [0.05, 0.1) is 0 Å².